The highest BCUT2D eigenvalue weighted by Crippen LogP contribution is 2.04. The molecule has 1 rings (SSSR count). The average molecular weight is 213 g/mol. The zero-order valence-electron chi connectivity index (χ0n) is 6.67. The SMILES string of the molecule is O=C1CCCC(O)N1.O=S(=O)(O)O. The van der Waals surface area contributed by atoms with Gasteiger partial charge in [-0.05, 0) is 12.8 Å². The summed E-state index contributed by atoms with van der Waals surface area (Å²) in [6, 6.07) is 0. The number of nitrogens with one attached hydrogen (secondary N) is 1. The Morgan fingerprint density at radius 1 is 1.38 bits per heavy atom. The van der Waals surface area contributed by atoms with E-state index >= 15 is 0 Å². The van der Waals surface area contributed by atoms with Gasteiger partial charge in [-0.2, -0.15) is 8.42 Å². The van der Waals surface area contributed by atoms with E-state index in [-0.39, 0.29) is 5.91 Å². The van der Waals surface area contributed by atoms with E-state index in [1.165, 1.54) is 0 Å². The highest BCUT2D eigenvalue weighted by Gasteiger charge is 2.13. The lowest BCUT2D eigenvalue weighted by atomic mass is 10.1. The van der Waals surface area contributed by atoms with Gasteiger partial charge in [0.15, 0.2) is 0 Å². The molecule has 0 spiro atoms. The van der Waals surface area contributed by atoms with Crippen LogP contribution in [-0.4, -0.2) is 34.8 Å². The van der Waals surface area contributed by atoms with Crippen molar-refractivity contribution in [2.75, 3.05) is 0 Å². The minimum Gasteiger partial charge on any atom is -0.374 e. The maximum Gasteiger partial charge on any atom is 0.394 e. The molecule has 0 saturated carbocycles. The summed E-state index contributed by atoms with van der Waals surface area (Å²) in [6.45, 7) is 0. The smallest absolute Gasteiger partial charge is 0.374 e. The first-order chi connectivity index (χ1) is 5.79. The number of aliphatic hydroxyl groups is 1. The van der Waals surface area contributed by atoms with Crippen LogP contribution in [0.3, 0.4) is 0 Å². The normalized spacial score (nSPS) is 22.7. The zero-order chi connectivity index (χ0) is 10.5. The van der Waals surface area contributed by atoms with Crippen molar-refractivity contribution in [1.29, 1.82) is 0 Å². The second-order valence-electron chi connectivity index (χ2n) is 2.42. The zero-order valence-corrected chi connectivity index (χ0v) is 7.49. The molecule has 1 saturated heterocycles. The number of hydrogen-bond donors (Lipinski definition) is 4. The van der Waals surface area contributed by atoms with Gasteiger partial charge < -0.3 is 10.4 Å². The number of aliphatic hydroxyl groups excluding tert-OH is 1. The highest BCUT2D eigenvalue weighted by atomic mass is 32.3. The molecule has 1 atom stereocenters. The Bertz CT molecular complexity index is 252. The van der Waals surface area contributed by atoms with Gasteiger partial charge in [0.25, 0.3) is 0 Å². The molecular formula is C5H11NO6S. The maximum absolute atomic E-state index is 10.4. The third-order valence-corrected chi connectivity index (χ3v) is 1.21. The molecule has 0 aromatic rings. The van der Waals surface area contributed by atoms with Crippen LogP contribution in [0.1, 0.15) is 19.3 Å². The lowest BCUT2D eigenvalue weighted by Crippen LogP contribution is -2.38. The van der Waals surface area contributed by atoms with Crippen molar-refractivity contribution in [2.24, 2.45) is 0 Å². The second-order valence-corrected chi connectivity index (χ2v) is 3.32. The molecule has 1 aliphatic rings. The molecule has 0 bridgehead atoms. The molecule has 8 heteroatoms. The molecule has 0 aliphatic carbocycles. The first-order valence-electron chi connectivity index (χ1n) is 3.46. The van der Waals surface area contributed by atoms with Gasteiger partial charge in [-0.3, -0.25) is 13.9 Å². The van der Waals surface area contributed by atoms with E-state index in [9.17, 15) is 4.79 Å². The standard InChI is InChI=1S/C5H9NO2.H2O4S/c7-4-2-1-3-5(8)6-4;1-5(2,3)4/h4,7H,1-3H2,(H,6,8);(H2,1,2,3,4). The van der Waals surface area contributed by atoms with Crippen molar-refractivity contribution in [3.63, 3.8) is 0 Å². The van der Waals surface area contributed by atoms with Crippen LogP contribution in [-0.2, 0) is 15.2 Å². The first kappa shape index (κ1) is 12.3. The van der Waals surface area contributed by atoms with E-state index in [4.69, 9.17) is 22.6 Å². The van der Waals surface area contributed by atoms with Crippen molar-refractivity contribution >= 4 is 16.3 Å². The Hall–Kier alpha value is -0.700. The minimum absolute atomic E-state index is 0.0382. The van der Waals surface area contributed by atoms with Crippen molar-refractivity contribution in [2.45, 2.75) is 25.5 Å². The summed E-state index contributed by atoms with van der Waals surface area (Å²) in [6.07, 6.45) is 1.49. The van der Waals surface area contributed by atoms with E-state index in [1.807, 2.05) is 0 Å². The van der Waals surface area contributed by atoms with Crippen LogP contribution in [0.15, 0.2) is 0 Å². The number of piperidine rings is 1. The van der Waals surface area contributed by atoms with Gasteiger partial charge in [0.05, 0.1) is 0 Å². The molecule has 0 aromatic carbocycles. The van der Waals surface area contributed by atoms with Gasteiger partial charge >= 0.3 is 10.4 Å². The third-order valence-electron chi connectivity index (χ3n) is 1.21. The Balaban J connectivity index is 0.000000252. The van der Waals surface area contributed by atoms with Crippen molar-refractivity contribution in [3.8, 4) is 0 Å². The molecule has 13 heavy (non-hydrogen) atoms. The summed E-state index contributed by atoms with van der Waals surface area (Å²) in [5.41, 5.74) is 0. The number of carbonyl (C=O) groups is 1. The molecular weight excluding hydrogens is 202 g/mol. The van der Waals surface area contributed by atoms with Crippen LogP contribution in [0.25, 0.3) is 0 Å². The fourth-order valence-corrected chi connectivity index (χ4v) is 0.786. The number of hydrogen-bond acceptors (Lipinski definition) is 4. The summed E-state index contributed by atoms with van der Waals surface area (Å²) >= 11 is 0. The van der Waals surface area contributed by atoms with E-state index < -0.39 is 16.6 Å². The van der Waals surface area contributed by atoms with E-state index in [0.717, 1.165) is 6.42 Å². The van der Waals surface area contributed by atoms with Crippen molar-refractivity contribution in [3.05, 3.63) is 0 Å². The summed E-state index contributed by atoms with van der Waals surface area (Å²) in [4.78, 5) is 10.4. The van der Waals surface area contributed by atoms with Gasteiger partial charge in [-0.1, -0.05) is 0 Å². The molecule has 0 radical (unpaired) electrons. The van der Waals surface area contributed by atoms with Crippen LogP contribution in [0.5, 0.6) is 0 Å². The maximum atomic E-state index is 10.4. The summed E-state index contributed by atoms with van der Waals surface area (Å²) in [5.74, 6) is -0.0382. The monoisotopic (exact) mass is 213 g/mol. The number of rotatable bonds is 0. The molecule has 1 fully saturated rings. The largest absolute Gasteiger partial charge is 0.394 e. The first-order valence-corrected chi connectivity index (χ1v) is 4.86. The van der Waals surface area contributed by atoms with Crippen LogP contribution in [0, 0.1) is 0 Å². The predicted octanol–water partition coefficient (Wildman–Crippen LogP) is -1.05. The number of amides is 1. The molecule has 4 N–H and O–H groups in total. The van der Waals surface area contributed by atoms with E-state index in [0.29, 0.717) is 12.8 Å². The lowest BCUT2D eigenvalue weighted by Gasteiger charge is -2.16. The van der Waals surface area contributed by atoms with Gasteiger partial charge in [-0.25, -0.2) is 0 Å². The molecule has 7 nitrogen and oxygen atoms in total. The molecule has 78 valence electrons. The molecule has 1 aliphatic heterocycles. The molecule has 1 unspecified atom stereocenters. The van der Waals surface area contributed by atoms with E-state index in [2.05, 4.69) is 5.32 Å². The lowest BCUT2D eigenvalue weighted by molar-refractivity contribution is -0.126. The quantitative estimate of drug-likeness (QED) is 0.381. The molecule has 0 aromatic heterocycles. The molecule has 1 amide bonds. The van der Waals surface area contributed by atoms with Crippen LogP contribution in [0.4, 0.5) is 0 Å². The van der Waals surface area contributed by atoms with Crippen molar-refractivity contribution < 1.29 is 27.4 Å². The van der Waals surface area contributed by atoms with Crippen LogP contribution in [0.2, 0.25) is 0 Å². The average Bonchev–Trinajstić information content (AvgIpc) is 1.81. The Labute approximate surface area is 75.3 Å². The summed E-state index contributed by atoms with van der Waals surface area (Å²) in [7, 11) is -4.67. The van der Waals surface area contributed by atoms with E-state index in [1.54, 1.807) is 0 Å². The third kappa shape index (κ3) is 11.3. The minimum atomic E-state index is -4.67. The van der Waals surface area contributed by atoms with Crippen molar-refractivity contribution in [1.82, 2.24) is 5.32 Å². The topological polar surface area (TPSA) is 124 Å². The van der Waals surface area contributed by atoms with Gasteiger partial charge in [0.1, 0.15) is 6.23 Å². The van der Waals surface area contributed by atoms with Crippen LogP contribution >= 0.6 is 0 Å². The Morgan fingerprint density at radius 3 is 2.08 bits per heavy atom. The van der Waals surface area contributed by atoms with Gasteiger partial charge in [0.2, 0.25) is 5.91 Å². The Kier molecular flexibility index (Phi) is 4.85. The fraction of sp³-hybridized carbons (Fsp3) is 0.800. The van der Waals surface area contributed by atoms with Gasteiger partial charge in [-0.15, -0.1) is 0 Å². The predicted molar refractivity (Wildman–Crippen MR) is 42.2 cm³/mol. The Morgan fingerprint density at radius 2 is 1.85 bits per heavy atom. The summed E-state index contributed by atoms with van der Waals surface area (Å²) < 4.78 is 31.6. The second kappa shape index (κ2) is 5.12. The molecule has 1 heterocycles. The van der Waals surface area contributed by atoms with Crippen LogP contribution < -0.4 is 5.32 Å². The van der Waals surface area contributed by atoms with Gasteiger partial charge in [0, 0.05) is 6.42 Å². The fourth-order valence-electron chi connectivity index (χ4n) is 0.786. The number of carbonyl (C=O) groups excluding carboxylic acids is 1. The highest BCUT2D eigenvalue weighted by molar-refractivity contribution is 7.79. The summed E-state index contributed by atoms with van der Waals surface area (Å²) in [5, 5.41) is 11.1.